The molecule has 0 bridgehead atoms. The number of anilines is 3. The summed E-state index contributed by atoms with van der Waals surface area (Å²) in [5.74, 6) is 1.05. The van der Waals surface area contributed by atoms with Gasteiger partial charge in [-0.05, 0) is 31.0 Å². The Bertz CT molecular complexity index is 851. The minimum Gasteiger partial charge on any atom is -0.353 e. The van der Waals surface area contributed by atoms with E-state index >= 15 is 0 Å². The molecule has 1 aromatic heterocycles. The number of hydrogen-bond donors (Lipinski definition) is 2. The van der Waals surface area contributed by atoms with Gasteiger partial charge < -0.3 is 10.6 Å². The molecule has 1 heterocycles. The minimum absolute atomic E-state index is 0.0210. The molecule has 0 aliphatic carbocycles. The first-order valence-corrected chi connectivity index (χ1v) is 8.06. The maximum Gasteiger partial charge on any atom is 0.244 e. The molecule has 126 valence electrons. The normalized spacial score (nSPS) is 10.3. The van der Waals surface area contributed by atoms with Gasteiger partial charge in [-0.3, -0.25) is 4.79 Å². The Morgan fingerprint density at radius 1 is 1.08 bits per heavy atom. The third-order valence-corrected chi connectivity index (χ3v) is 3.64. The number of aromatic nitrogens is 3. The van der Waals surface area contributed by atoms with Gasteiger partial charge in [-0.15, -0.1) is 5.10 Å². The van der Waals surface area contributed by atoms with Gasteiger partial charge in [0.15, 0.2) is 11.6 Å². The number of nitrogens with one attached hydrogen (secondary N) is 2. The zero-order chi connectivity index (χ0) is 17.5. The second-order valence-corrected chi connectivity index (χ2v) is 5.59. The van der Waals surface area contributed by atoms with Crippen molar-refractivity contribution in [3.8, 4) is 0 Å². The van der Waals surface area contributed by atoms with E-state index in [2.05, 4.69) is 37.9 Å². The van der Waals surface area contributed by atoms with E-state index < -0.39 is 0 Å². The average molecular weight is 333 g/mol. The largest absolute Gasteiger partial charge is 0.353 e. The Balaban J connectivity index is 1.61. The van der Waals surface area contributed by atoms with Gasteiger partial charge in [0.1, 0.15) is 0 Å². The summed E-state index contributed by atoms with van der Waals surface area (Å²) < 4.78 is 0. The van der Waals surface area contributed by atoms with Crippen molar-refractivity contribution in [1.29, 1.82) is 0 Å². The standard InChI is InChI=1S/C19H19N5O/c1-14(25)16-8-5-9-17(12-16)22-18-13-21-24-19(23-18)20-11-10-15-6-3-2-4-7-15/h2-9,12-13H,10-11H2,1H3,(H2,20,22,23,24). The summed E-state index contributed by atoms with van der Waals surface area (Å²) in [4.78, 5) is 15.9. The minimum atomic E-state index is 0.0210. The molecule has 0 aliphatic heterocycles. The predicted octanol–water partition coefficient (Wildman–Crippen LogP) is 3.47. The van der Waals surface area contributed by atoms with Crippen molar-refractivity contribution in [2.45, 2.75) is 13.3 Å². The number of benzene rings is 2. The van der Waals surface area contributed by atoms with Crippen LogP contribution in [0.15, 0.2) is 60.8 Å². The van der Waals surface area contributed by atoms with Crippen LogP contribution in [0.4, 0.5) is 17.5 Å². The fraction of sp³-hybridized carbons (Fsp3) is 0.158. The lowest BCUT2D eigenvalue weighted by atomic mass is 10.1. The van der Waals surface area contributed by atoms with E-state index in [0.717, 1.165) is 18.7 Å². The summed E-state index contributed by atoms with van der Waals surface area (Å²) in [6.07, 6.45) is 2.42. The van der Waals surface area contributed by atoms with Crippen molar-refractivity contribution in [2.75, 3.05) is 17.2 Å². The van der Waals surface area contributed by atoms with Crippen LogP contribution in [0, 0.1) is 0 Å². The smallest absolute Gasteiger partial charge is 0.244 e. The van der Waals surface area contributed by atoms with E-state index in [0.29, 0.717) is 17.3 Å². The molecule has 0 unspecified atom stereocenters. The van der Waals surface area contributed by atoms with Crippen molar-refractivity contribution in [3.63, 3.8) is 0 Å². The fourth-order valence-corrected chi connectivity index (χ4v) is 2.37. The van der Waals surface area contributed by atoms with E-state index in [1.807, 2.05) is 30.3 Å². The molecule has 2 aromatic carbocycles. The Hall–Kier alpha value is -3.28. The van der Waals surface area contributed by atoms with Crippen LogP contribution < -0.4 is 10.6 Å². The van der Waals surface area contributed by atoms with Crippen molar-refractivity contribution < 1.29 is 4.79 Å². The van der Waals surface area contributed by atoms with Gasteiger partial charge >= 0.3 is 0 Å². The Morgan fingerprint density at radius 3 is 2.72 bits per heavy atom. The summed E-state index contributed by atoms with van der Waals surface area (Å²) >= 11 is 0. The highest BCUT2D eigenvalue weighted by Gasteiger charge is 2.04. The Kier molecular flexibility index (Phi) is 5.31. The first-order chi connectivity index (χ1) is 12.2. The van der Waals surface area contributed by atoms with Crippen molar-refractivity contribution in [1.82, 2.24) is 15.2 Å². The van der Waals surface area contributed by atoms with Crippen LogP contribution in [0.3, 0.4) is 0 Å². The summed E-state index contributed by atoms with van der Waals surface area (Å²) in [5.41, 5.74) is 2.68. The average Bonchev–Trinajstić information content (AvgIpc) is 2.63. The van der Waals surface area contributed by atoms with E-state index in [1.54, 1.807) is 25.3 Å². The van der Waals surface area contributed by atoms with Crippen LogP contribution in [-0.2, 0) is 6.42 Å². The first-order valence-electron chi connectivity index (χ1n) is 8.06. The van der Waals surface area contributed by atoms with Crippen molar-refractivity contribution in [2.24, 2.45) is 0 Å². The maximum absolute atomic E-state index is 11.5. The lowest BCUT2D eigenvalue weighted by molar-refractivity contribution is 0.101. The molecular weight excluding hydrogens is 314 g/mol. The lowest BCUT2D eigenvalue weighted by Crippen LogP contribution is -2.09. The number of ketones is 1. The predicted molar refractivity (Wildman–Crippen MR) is 98.2 cm³/mol. The van der Waals surface area contributed by atoms with Gasteiger partial charge in [0.25, 0.3) is 0 Å². The van der Waals surface area contributed by atoms with Crippen LogP contribution in [0.1, 0.15) is 22.8 Å². The molecular formula is C19H19N5O. The van der Waals surface area contributed by atoms with E-state index in [4.69, 9.17) is 0 Å². The summed E-state index contributed by atoms with van der Waals surface area (Å²) in [6, 6.07) is 17.5. The third-order valence-electron chi connectivity index (χ3n) is 3.64. The highest BCUT2D eigenvalue weighted by molar-refractivity contribution is 5.95. The van der Waals surface area contributed by atoms with Crippen molar-refractivity contribution in [3.05, 3.63) is 71.9 Å². The maximum atomic E-state index is 11.5. The SMILES string of the molecule is CC(=O)c1cccc(Nc2cnnc(NCCc3ccccc3)n2)c1. The van der Waals surface area contributed by atoms with Crippen molar-refractivity contribution >= 4 is 23.2 Å². The number of carbonyl (C=O) groups is 1. The van der Waals surface area contributed by atoms with E-state index in [-0.39, 0.29) is 5.78 Å². The molecule has 0 spiro atoms. The van der Waals surface area contributed by atoms with Crippen LogP contribution in [-0.4, -0.2) is 27.5 Å². The first kappa shape index (κ1) is 16.6. The highest BCUT2D eigenvalue weighted by Crippen LogP contribution is 2.16. The van der Waals surface area contributed by atoms with Gasteiger partial charge in [0.2, 0.25) is 5.95 Å². The van der Waals surface area contributed by atoms with Crippen LogP contribution in [0.25, 0.3) is 0 Å². The highest BCUT2D eigenvalue weighted by atomic mass is 16.1. The van der Waals surface area contributed by atoms with Gasteiger partial charge in [-0.25, -0.2) is 0 Å². The molecule has 3 rings (SSSR count). The quantitative estimate of drug-likeness (QED) is 0.645. The molecule has 0 radical (unpaired) electrons. The number of carbonyl (C=O) groups excluding carboxylic acids is 1. The number of rotatable bonds is 7. The molecule has 0 saturated carbocycles. The number of Topliss-reactive ketones (excluding diaryl/α,β-unsaturated/α-hetero) is 1. The fourth-order valence-electron chi connectivity index (χ4n) is 2.37. The van der Waals surface area contributed by atoms with Gasteiger partial charge in [0, 0.05) is 17.8 Å². The van der Waals surface area contributed by atoms with Crippen LogP contribution >= 0.6 is 0 Å². The second-order valence-electron chi connectivity index (χ2n) is 5.59. The van der Waals surface area contributed by atoms with Gasteiger partial charge in [-0.2, -0.15) is 10.1 Å². The Labute approximate surface area is 146 Å². The molecule has 6 heteroatoms. The second kappa shape index (κ2) is 8.01. The zero-order valence-corrected chi connectivity index (χ0v) is 13.9. The monoisotopic (exact) mass is 333 g/mol. The molecule has 0 atom stereocenters. The molecule has 0 saturated heterocycles. The lowest BCUT2D eigenvalue weighted by Gasteiger charge is -2.08. The molecule has 0 fully saturated rings. The topological polar surface area (TPSA) is 79.8 Å². The molecule has 6 nitrogen and oxygen atoms in total. The summed E-state index contributed by atoms with van der Waals surface area (Å²) in [6.45, 7) is 2.26. The third kappa shape index (κ3) is 4.84. The van der Waals surface area contributed by atoms with Gasteiger partial charge in [-0.1, -0.05) is 42.5 Å². The molecule has 3 aromatic rings. The summed E-state index contributed by atoms with van der Waals surface area (Å²) in [7, 11) is 0. The molecule has 2 N–H and O–H groups in total. The van der Waals surface area contributed by atoms with E-state index in [1.165, 1.54) is 5.56 Å². The summed E-state index contributed by atoms with van der Waals surface area (Å²) in [5, 5.41) is 14.3. The zero-order valence-electron chi connectivity index (χ0n) is 13.9. The van der Waals surface area contributed by atoms with Crippen LogP contribution in [0.2, 0.25) is 0 Å². The molecule has 25 heavy (non-hydrogen) atoms. The van der Waals surface area contributed by atoms with Crippen LogP contribution in [0.5, 0.6) is 0 Å². The Morgan fingerprint density at radius 2 is 1.92 bits per heavy atom. The number of nitrogens with zero attached hydrogens (tertiary/aromatic N) is 3. The molecule has 0 aliphatic rings. The molecule has 0 amide bonds. The van der Waals surface area contributed by atoms with E-state index in [9.17, 15) is 4.79 Å². The van der Waals surface area contributed by atoms with Gasteiger partial charge in [0.05, 0.1) is 6.20 Å². The number of hydrogen-bond acceptors (Lipinski definition) is 6.